The second kappa shape index (κ2) is 5.36. The molecule has 0 unspecified atom stereocenters. The van der Waals surface area contributed by atoms with Gasteiger partial charge in [-0.2, -0.15) is 5.10 Å². The number of nitrogens with zero attached hydrogens (tertiary/aromatic N) is 2. The number of hydrogen-bond donors (Lipinski definition) is 1. The van der Waals surface area contributed by atoms with Crippen molar-refractivity contribution in [1.82, 2.24) is 9.78 Å². The Morgan fingerprint density at radius 3 is 2.55 bits per heavy atom. The van der Waals surface area contributed by atoms with E-state index in [1.807, 2.05) is 0 Å². The average Bonchev–Trinajstić information content (AvgIpc) is 2.68. The monoisotopic (exact) mass is 283 g/mol. The van der Waals surface area contributed by atoms with Gasteiger partial charge in [0, 0.05) is 5.69 Å². The van der Waals surface area contributed by atoms with Gasteiger partial charge >= 0.3 is 0 Å². The molecule has 0 fully saturated rings. The Bertz CT molecular complexity index is 667. The second-order valence-electron chi connectivity index (χ2n) is 4.36. The van der Waals surface area contributed by atoms with Crippen LogP contribution in [0.2, 0.25) is 0 Å². The molecule has 0 atom stereocenters. The highest BCUT2D eigenvalue weighted by Gasteiger charge is 2.15. The number of aryl methyl sites for hydroxylation is 2. The number of carbonyl (C=O) groups is 1. The van der Waals surface area contributed by atoms with Crippen molar-refractivity contribution in [2.24, 2.45) is 0 Å². The lowest BCUT2D eigenvalue weighted by Gasteiger charge is -2.08. The van der Waals surface area contributed by atoms with Gasteiger partial charge in [-0.1, -0.05) is 0 Å². The van der Waals surface area contributed by atoms with Crippen LogP contribution in [0.15, 0.2) is 18.2 Å². The zero-order valence-electron chi connectivity index (χ0n) is 10.9. The first kappa shape index (κ1) is 14.1. The molecule has 4 nitrogen and oxygen atoms in total. The summed E-state index contributed by atoms with van der Waals surface area (Å²) in [6.07, 6.45) is 0. The molecule has 2 aromatic rings. The maximum absolute atomic E-state index is 13.4. The highest BCUT2D eigenvalue weighted by molar-refractivity contribution is 5.90. The van der Waals surface area contributed by atoms with E-state index in [0.29, 0.717) is 0 Å². The van der Waals surface area contributed by atoms with Crippen molar-refractivity contribution in [2.45, 2.75) is 20.4 Å². The predicted octanol–water partition coefficient (Wildman–Crippen LogP) is 2.56. The van der Waals surface area contributed by atoms with E-state index in [0.717, 1.165) is 23.5 Å². The number of carbonyl (C=O) groups excluding carboxylic acids is 1. The van der Waals surface area contributed by atoms with Crippen LogP contribution in [0.4, 0.5) is 18.9 Å². The van der Waals surface area contributed by atoms with Gasteiger partial charge in [0.15, 0.2) is 17.5 Å². The van der Waals surface area contributed by atoms with E-state index in [1.54, 1.807) is 19.9 Å². The van der Waals surface area contributed by atoms with Crippen LogP contribution in [-0.2, 0) is 11.3 Å². The van der Waals surface area contributed by atoms with Crippen LogP contribution in [0.5, 0.6) is 0 Å². The minimum atomic E-state index is -1.62. The third-order valence-corrected chi connectivity index (χ3v) is 2.71. The third kappa shape index (κ3) is 2.81. The summed E-state index contributed by atoms with van der Waals surface area (Å²) >= 11 is 0. The van der Waals surface area contributed by atoms with Crippen molar-refractivity contribution in [1.29, 1.82) is 0 Å². The number of halogens is 3. The largest absolute Gasteiger partial charge is 0.322 e. The molecule has 0 radical (unpaired) electrons. The van der Waals surface area contributed by atoms with Gasteiger partial charge in [0.25, 0.3) is 0 Å². The minimum Gasteiger partial charge on any atom is -0.322 e. The fraction of sp³-hybridized carbons (Fsp3) is 0.231. The van der Waals surface area contributed by atoms with Crippen molar-refractivity contribution in [2.75, 3.05) is 5.32 Å². The average molecular weight is 283 g/mol. The summed E-state index contributed by atoms with van der Waals surface area (Å²) in [7, 11) is 0. The number of benzene rings is 1. The first-order valence-electron chi connectivity index (χ1n) is 5.83. The molecule has 1 aromatic carbocycles. The molecule has 0 aliphatic heterocycles. The first-order valence-corrected chi connectivity index (χ1v) is 5.83. The summed E-state index contributed by atoms with van der Waals surface area (Å²) in [5.41, 5.74) is 1.10. The predicted molar refractivity (Wildman–Crippen MR) is 66.6 cm³/mol. The molecule has 1 amide bonds. The summed E-state index contributed by atoms with van der Waals surface area (Å²) < 4.78 is 40.6. The smallest absolute Gasteiger partial charge is 0.246 e. The fourth-order valence-corrected chi connectivity index (χ4v) is 1.78. The normalized spacial score (nSPS) is 10.7. The zero-order chi connectivity index (χ0) is 14.9. The SMILES string of the molecule is Cc1cc(C)n(CC(=O)Nc2ccc(F)c(F)c2F)n1. The molecule has 0 aliphatic rings. The molecule has 0 saturated heterocycles. The third-order valence-electron chi connectivity index (χ3n) is 2.71. The van der Waals surface area contributed by atoms with Crippen LogP contribution in [-0.4, -0.2) is 15.7 Å². The van der Waals surface area contributed by atoms with E-state index in [-0.39, 0.29) is 6.54 Å². The lowest BCUT2D eigenvalue weighted by Crippen LogP contribution is -2.21. The molecular weight excluding hydrogens is 271 g/mol. The molecule has 2 rings (SSSR count). The second-order valence-corrected chi connectivity index (χ2v) is 4.36. The van der Waals surface area contributed by atoms with Crippen LogP contribution >= 0.6 is 0 Å². The highest BCUT2D eigenvalue weighted by Crippen LogP contribution is 2.19. The molecule has 106 valence electrons. The minimum absolute atomic E-state index is 0.141. The van der Waals surface area contributed by atoms with Gasteiger partial charge in [0.2, 0.25) is 5.91 Å². The summed E-state index contributed by atoms with van der Waals surface area (Å²) in [5, 5.41) is 6.26. The Balaban J connectivity index is 2.13. The van der Waals surface area contributed by atoms with E-state index in [2.05, 4.69) is 10.4 Å². The zero-order valence-corrected chi connectivity index (χ0v) is 10.9. The Morgan fingerprint density at radius 2 is 1.95 bits per heavy atom. The van der Waals surface area contributed by atoms with E-state index in [4.69, 9.17) is 0 Å². The van der Waals surface area contributed by atoms with Crippen LogP contribution in [0.1, 0.15) is 11.4 Å². The number of nitrogens with one attached hydrogen (secondary N) is 1. The van der Waals surface area contributed by atoms with E-state index in [1.165, 1.54) is 4.68 Å². The Morgan fingerprint density at radius 1 is 1.25 bits per heavy atom. The topological polar surface area (TPSA) is 46.9 Å². The molecule has 0 bridgehead atoms. The summed E-state index contributed by atoms with van der Waals surface area (Å²) in [5.74, 6) is -4.93. The first-order chi connectivity index (χ1) is 9.38. The quantitative estimate of drug-likeness (QED) is 0.880. The van der Waals surface area contributed by atoms with Crippen LogP contribution in [0, 0.1) is 31.3 Å². The van der Waals surface area contributed by atoms with Crippen molar-refractivity contribution in [3.05, 3.63) is 47.0 Å². The van der Waals surface area contributed by atoms with Gasteiger partial charge in [-0.15, -0.1) is 0 Å². The molecule has 1 N–H and O–H groups in total. The van der Waals surface area contributed by atoms with E-state index in [9.17, 15) is 18.0 Å². The number of rotatable bonds is 3. The van der Waals surface area contributed by atoms with Crippen LogP contribution in [0.3, 0.4) is 0 Å². The molecule has 0 spiro atoms. The highest BCUT2D eigenvalue weighted by atomic mass is 19.2. The number of amides is 1. The molecular formula is C13H12F3N3O. The molecule has 7 heteroatoms. The summed E-state index contributed by atoms with van der Waals surface area (Å²) in [6.45, 7) is 3.40. The van der Waals surface area contributed by atoms with Crippen LogP contribution < -0.4 is 5.32 Å². The van der Waals surface area contributed by atoms with Gasteiger partial charge < -0.3 is 5.32 Å². The van der Waals surface area contributed by atoms with Gasteiger partial charge in [0.05, 0.1) is 11.4 Å². The van der Waals surface area contributed by atoms with Crippen molar-refractivity contribution >= 4 is 11.6 Å². The lowest BCUT2D eigenvalue weighted by atomic mass is 10.2. The van der Waals surface area contributed by atoms with E-state index < -0.39 is 29.0 Å². The fourth-order valence-electron chi connectivity index (χ4n) is 1.78. The molecule has 1 heterocycles. The Kier molecular flexibility index (Phi) is 3.78. The summed E-state index contributed by atoms with van der Waals surface area (Å²) in [6, 6.07) is 3.50. The molecule has 20 heavy (non-hydrogen) atoms. The Hall–Kier alpha value is -2.31. The van der Waals surface area contributed by atoms with Gasteiger partial charge in [-0.25, -0.2) is 13.2 Å². The molecule has 0 saturated carbocycles. The standard InChI is InChI=1S/C13H12F3N3O/c1-7-5-8(2)19(18-7)6-11(20)17-10-4-3-9(14)12(15)13(10)16/h3-5H,6H2,1-2H3,(H,17,20). The van der Waals surface area contributed by atoms with Gasteiger partial charge in [0.1, 0.15) is 6.54 Å². The van der Waals surface area contributed by atoms with Gasteiger partial charge in [-0.3, -0.25) is 9.48 Å². The van der Waals surface area contributed by atoms with Gasteiger partial charge in [-0.05, 0) is 32.0 Å². The molecule has 1 aromatic heterocycles. The van der Waals surface area contributed by atoms with Crippen LogP contribution in [0.25, 0.3) is 0 Å². The lowest BCUT2D eigenvalue weighted by molar-refractivity contribution is -0.117. The molecule has 0 aliphatic carbocycles. The van der Waals surface area contributed by atoms with Crippen molar-refractivity contribution in [3.63, 3.8) is 0 Å². The summed E-state index contributed by atoms with van der Waals surface area (Å²) in [4.78, 5) is 11.7. The number of hydrogen-bond acceptors (Lipinski definition) is 2. The van der Waals surface area contributed by atoms with E-state index >= 15 is 0 Å². The van der Waals surface area contributed by atoms with Crippen molar-refractivity contribution < 1.29 is 18.0 Å². The maximum Gasteiger partial charge on any atom is 0.246 e. The number of aromatic nitrogens is 2. The maximum atomic E-state index is 13.4. The number of anilines is 1. The van der Waals surface area contributed by atoms with Crippen molar-refractivity contribution in [3.8, 4) is 0 Å². The Labute approximate surface area is 113 Å².